The minimum Gasteiger partial charge on any atom is -0.421 e. The van der Waals surface area contributed by atoms with Crippen LogP contribution in [0.5, 0.6) is 17.5 Å². The van der Waals surface area contributed by atoms with Gasteiger partial charge in [0.2, 0.25) is 0 Å². The number of ether oxygens (including phenoxy) is 2. The average molecular weight is 525 g/mol. The Bertz CT molecular complexity index is 1510. The van der Waals surface area contributed by atoms with Crippen molar-refractivity contribution in [3.63, 3.8) is 0 Å². The molecule has 0 atom stereocenters. The maximum absolute atomic E-state index is 13.3. The van der Waals surface area contributed by atoms with Crippen LogP contribution in [0.2, 0.25) is 5.02 Å². The lowest BCUT2D eigenvalue weighted by molar-refractivity contribution is -0.275. The first-order valence-electron chi connectivity index (χ1n) is 10.7. The monoisotopic (exact) mass is 524 g/mol. The summed E-state index contributed by atoms with van der Waals surface area (Å²) < 4.78 is 52.0. The summed E-state index contributed by atoms with van der Waals surface area (Å²) in [6.45, 7) is -0.247. The molecule has 0 fully saturated rings. The molecule has 0 spiro atoms. The van der Waals surface area contributed by atoms with E-state index in [4.69, 9.17) is 16.3 Å². The van der Waals surface area contributed by atoms with E-state index in [1.807, 2.05) is 0 Å². The molecule has 0 saturated heterocycles. The number of alkyl halides is 3. The molecule has 0 radical (unpaired) electrons. The Morgan fingerprint density at radius 2 is 1.69 bits per heavy atom. The Kier molecular flexibility index (Phi) is 7.09. The normalized spacial score (nSPS) is 11.7. The molecule has 4 rings (SSSR count). The molecule has 2 aromatic carbocycles. The van der Waals surface area contributed by atoms with E-state index in [9.17, 15) is 27.9 Å². The highest BCUT2D eigenvalue weighted by atomic mass is 35.5. The SMILES string of the molecule is Cn1c(=O)n(CCCO)c(=O)c2c1nc(Oc1ccccc1OC(F)(F)F)n2Cc1ccc(Cl)cc1. The van der Waals surface area contributed by atoms with Crippen molar-refractivity contribution >= 4 is 22.8 Å². The molecule has 2 heterocycles. The van der Waals surface area contributed by atoms with Gasteiger partial charge in [0.15, 0.2) is 22.7 Å². The Morgan fingerprint density at radius 1 is 1.03 bits per heavy atom. The van der Waals surface area contributed by atoms with Crippen LogP contribution in [0.4, 0.5) is 13.2 Å². The van der Waals surface area contributed by atoms with Crippen LogP contribution in [0.25, 0.3) is 11.2 Å². The molecule has 0 bridgehead atoms. The molecule has 0 amide bonds. The number of hydrogen-bond acceptors (Lipinski definition) is 6. The standard InChI is InChI=1S/C23H20ClF3N4O5/c1-29-19-18(20(33)30(22(29)34)11-4-12-32)31(13-14-7-9-15(24)10-8-14)21(28-19)35-16-5-2-3-6-17(16)36-23(25,26)27/h2-3,5-10,32H,4,11-13H2,1H3. The van der Waals surface area contributed by atoms with Gasteiger partial charge in [0, 0.05) is 25.2 Å². The second kappa shape index (κ2) is 10.1. The molecular weight excluding hydrogens is 505 g/mol. The first-order chi connectivity index (χ1) is 17.1. The smallest absolute Gasteiger partial charge is 0.421 e. The summed E-state index contributed by atoms with van der Waals surface area (Å²) in [4.78, 5) is 30.4. The van der Waals surface area contributed by atoms with E-state index in [1.165, 1.54) is 29.8 Å². The molecule has 0 aliphatic carbocycles. The molecule has 0 saturated carbocycles. The van der Waals surface area contributed by atoms with E-state index in [0.717, 1.165) is 15.2 Å². The van der Waals surface area contributed by atoms with Crippen LogP contribution in [0.15, 0.2) is 58.1 Å². The van der Waals surface area contributed by atoms with Crippen molar-refractivity contribution in [2.24, 2.45) is 7.05 Å². The van der Waals surface area contributed by atoms with Gasteiger partial charge in [-0.25, -0.2) is 4.79 Å². The third-order valence-corrected chi connectivity index (χ3v) is 5.52. The van der Waals surface area contributed by atoms with Gasteiger partial charge in [-0.05, 0) is 36.2 Å². The molecule has 9 nitrogen and oxygen atoms in total. The number of imidazole rings is 1. The molecule has 1 N–H and O–H groups in total. The number of aryl methyl sites for hydroxylation is 1. The lowest BCUT2D eigenvalue weighted by Crippen LogP contribution is -2.39. The highest BCUT2D eigenvalue weighted by Gasteiger charge is 2.33. The number of fused-ring (bicyclic) bond motifs is 1. The molecular formula is C23H20ClF3N4O5. The van der Waals surface area contributed by atoms with Gasteiger partial charge in [0.05, 0.1) is 6.54 Å². The Hall–Kier alpha value is -3.77. The van der Waals surface area contributed by atoms with Crippen LogP contribution in [0.1, 0.15) is 12.0 Å². The highest BCUT2D eigenvalue weighted by Crippen LogP contribution is 2.35. The Morgan fingerprint density at radius 3 is 2.33 bits per heavy atom. The fourth-order valence-electron chi connectivity index (χ4n) is 3.62. The molecule has 13 heteroatoms. The zero-order chi connectivity index (χ0) is 26.0. The third-order valence-electron chi connectivity index (χ3n) is 5.27. The zero-order valence-electron chi connectivity index (χ0n) is 18.8. The summed E-state index contributed by atoms with van der Waals surface area (Å²) in [6, 6.07) is 11.6. The van der Waals surface area contributed by atoms with E-state index in [1.54, 1.807) is 24.3 Å². The van der Waals surface area contributed by atoms with Crippen molar-refractivity contribution in [2.45, 2.75) is 25.9 Å². The minimum atomic E-state index is -4.97. The Balaban J connectivity index is 1.92. The van der Waals surface area contributed by atoms with E-state index in [-0.39, 0.29) is 49.0 Å². The number of rotatable bonds is 8. The van der Waals surface area contributed by atoms with Crippen LogP contribution >= 0.6 is 11.6 Å². The van der Waals surface area contributed by atoms with Gasteiger partial charge in [0.1, 0.15) is 0 Å². The second-order valence-electron chi connectivity index (χ2n) is 7.75. The van der Waals surface area contributed by atoms with Crippen molar-refractivity contribution in [1.82, 2.24) is 18.7 Å². The third kappa shape index (κ3) is 5.24. The quantitative estimate of drug-likeness (QED) is 0.377. The summed E-state index contributed by atoms with van der Waals surface area (Å²) >= 11 is 5.97. The van der Waals surface area contributed by atoms with Gasteiger partial charge in [-0.3, -0.25) is 18.5 Å². The van der Waals surface area contributed by atoms with Crippen LogP contribution in [-0.2, 0) is 20.1 Å². The van der Waals surface area contributed by atoms with E-state index < -0.39 is 23.4 Å². The molecule has 0 aliphatic rings. The lowest BCUT2D eigenvalue weighted by Gasteiger charge is -2.14. The molecule has 36 heavy (non-hydrogen) atoms. The van der Waals surface area contributed by atoms with Crippen LogP contribution in [-0.4, -0.2) is 36.8 Å². The van der Waals surface area contributed by atoms with Crippen LogP contribution < -0.4 is 20.7 Å². The fraction of sp³-hybridized carbons (Fsp3) is 0.261. The maximum Gasteiger partial charge on any atom is 0.573 e. The topological polar surface area (TPSA) is 101 Å². The number of para-hydroxylation sites is 2. The van der Waals surface area contributed by atoms with Gasteiger partial charge in [-0.2, -0.15) is 4.98 Å². The number of aromatic nitrogens is 4. The first-order valence-corrected chi connectivity index (χ1v) is 11.0. The highest BCUT2D eigenvalue weighted by molar-refractivity contribution is 6.30. The van der Waals surface area contributed by atoms with Gasteiger partial charge in [0.25, 0.3) is 5.56 Å². The van der Waals surface area contributed by atoms with Crippen LogP contribution in [0.3, 0.4) is 0 Å². The van der Waals surface area contributed by atoms with Gasteiger partial charge < -0.3 is 14.6 Å². The fourth-order valence-corrected chi connectivity index (χ4v) is 3.74. The number of halogens is 4. The zero-order valence-corrected chi connectivity index (χ0v) is 19.6. The summed E-state index contributed by atoms with van der Waals surface area (Å²) in [5.74, 6) is -0.905. The number of aliphatic hydroxyl groups is 1. The summed E-state index contributed by atoms with van der Waals surface area (Å²) in [5, 5.41) is 9.66. The Labute approximate surface area is 206 Å². The molecule has 0 unspecified atom stereocenters. The van der Waals surface area contributed by atoms with Gasteiger partial charge in [-0.15, -0.1) is 13.2 Å². The van der Waals surface area contributed by atoms with Crippen molar-refractivity contribution < 1.29 is 27.8 Å². The van der Waals surface area contributed by atoms with Crippen molar-refractivity contribution in [3.05, 3.63) is 80.0 Å². The molecule has 4 aromatic rings. The predicted octanol–water partition coefficient (Wildman–Crippen LogP) is 3.67. The number of nitrogens with zero attached hydrogens (tertiary/aromatic N) is 4. The molecule has 0 aliphatic heterocycles. The number of benzene rings is 2. The average Bonchev–Trinajstić information content (AvgIpc) is 3.17. The predicted molar refractivity (Wildman–Crippen MR) is 125 cm³/mol. The number of aliphatic hydroxyl groups excluding tert-OH is 1. The maximum atomic E-state index is 13.3. The largest absolute Gasteiger partial charge is 0.573 e. The van der Waals surface area contributed by atoms with Gasteiger partial charge in [-0.1, -0.05) is 35.9 Å². The van der Waals surface area contributed by atoms with E-state index in [2.05, 4.69) is 9.72 Å². The first kappa shape index (κ1) is 25.3. The van der Waals surface area contributed by atoms with Crippen molar-refractivity contribution in [3.8, 4) is 17.5 Å². The lowest BCUT2D eigenvalue weighted by atomic mass is 10.2. The van der Waals surface area contributed by atoms with Crippen LogP contribution in [0, 0.1) is 0 Å². The molecule has 2 aromatic heterocycles. The molecule has 190 valence electrons. The van der Waals surface area contributed by atoms with Gasteiger partial charge >= 0.3 is 18.1 Å². The number of hydrogen-bond donors (Lipinski definition) is 1. The van der Waals surface area contributed by atoms with Crippen molar-refractivity contribution in [1.29, 1.82) is 0 Å². The van der Waals surface area contributed by atoms with E-state index >= 15 is 0 Å². The van der Waals surface area contributed by atoms with Crippen molar-refractivity contribution in [2.75, 3.05) is 6.61 Å². The summed E-state index contributed by atoms with van der Waals surface area (Å²) in [6.07, 6.45) is -4.80. The summed E-state index contributed by atoms with van der Waals surface area (Å²) in [7, 11) is 1.41. The van der Waals surface area contributed by atoms with E-state index in [0.29, 0.717) is 10.6 Å². The summed E-state index contributed by atoms with van der Waals surface area (Å²) in [5.41, 5.74) is -0.696. The minimum absolute atomic E-state index is 0.00536. The second-order valence-corrected chi connectivity index (χ2v) is 8.19.